The van der Waals surface area contributed by atoms with Gasteiger partial charge in [-0.3, -0.25) is 4.79 Å². The Labute approximate surface area is 198 Å². The Morgan fingerprint density at radius 3 is 2.73 bits per heavy atom. The number of fused-ring (bicyclic) bond motifs is 2. The molecule has 182 valence electrons. The third kappa shape index (κ3) is 2.84. The first kappa shape index (κ1) is 23.3. The van der Waals surface area contributed by atoms with E-state index in [4.69, 9.17) is 9.47 Å². The van der Waals surface area contributed by atoms with Crippen LogP contribution in [0, 0.1) is 45.8 Å². The summed E-state index contributed by atoms with van der Waals surface area (Å²) in [4.78, 5) is 27.5. The average molecular weight is 456 g/mol. The molecule has 9 atom stereocenters. The molecular formula is C28H41NO4. The number of carbonyl (C=O) groups is 2. The number of ether oxygens (including phenoxy) is 2. The van der Waals surface area contributed by atoms with E-state index in [-0.39, 0.29) is 36.4 Å². The second kappa shape index (κ2) is 8.05. The number of aldehydes is 1. The number of allylic oxidation sites excluding steroid dienone is 1. The van der Waals surface area contributed by atoms with Gasteiger partial charge in [-0.15, -0.1) is 0 Å². The van der Waals surface area contributed by atoms with Gasteiger partial charge in [0.1, 0.15) is 18.3 Å². The molecule has 33 heavy (non-hydrogen) atoms. The highest BCUT2D eigenvalue weighted by Gasteiger charge is 2.84. The summed E-state index contributed by atoms with van der Waals surface area (Å²) >= 11 is 0. The Balaban J connectivity index is 1.65. The van der Waals surface area contributed by atoms with Crippen molar-refractivity contribution in [1.82, 2.24) is 5.32 Å². The van der Waals surface area contributed by atoms with E-state index in [0.29, 0.717) is 24.5 Å². The molecule has 0 radical (unpaired) electrons. The summed E-state index contributed by atoms with van der Waals surface area (Å²) in [6.07, 6.45) is 10.2. The molecule has 5 heteroatoms. The van der Waals surface area contributed by atoms with E-state index < -0.39 is 16.2 Å². The van der Waals surface area contributed by atoms with Crippen molar-refractivity contribution in [3.63, 3.8) is 0 Å². The van der Waals surface area contributed by atoms with Gasteiger partial charge in [-0.2, -0.15) is 0 Å². The van der Waals surface area contributed by atoms with Gasteiger partial charge in [-0.25, -0.2) is 0 Å². The van der Waals surface area contributed by atoms with Crippen LogP contribution in [0.15, 0.2) is 24.3 Å². The first-order valence-electron chi connectivity index (χ1n) is 13.1. The normalized spacial score (nSPS) is 47.5. The molecule has 1 aliphatic heterocycles. The molecule has 1 heterocycles. The third-order valence-corrected chi connectivity index (χ3v) is 10.3. The van der Waals surface area contributed by atoms with E-state index in [1.54, 1.807) is 6.08 Å². The Morgan fingerprint density at radius 1 is 1.30 bits per heavy atom. The molecule has 0 aromatic heterocycles. The van der Waals surface area contributed by atoms with Crippen LogP contribution in [0.5, 0.6) is 0 Å². The molecule has 0 aromatic carbocycles. The predicted octanol–water partition coefficient (Wildman–Crippen LogP) is 4.32. The maximum Gasteiger partial charge on any atom is 0.318 e. The predicted molar refractivity (Wildman–Crippen MR) is 127 cm³/mol. The van der Waals surface area contributed by atoms with Gasteiger partial charge < -0.3 is 19.6 Å². The maximum absolute atomic E-state index is 14.3. The lowest BCUT2D eigenvalue weighted by Gasteiger charge is -2.59. The second-order valence-corrected chi connectivity index (χ2v) is 12.0. The van der Waals surface area contributed by atoms with Crippen LogP contribution in [0.1, 0.15) is 59.8 Å². The van der Waals surface area contributed by atoms with Crippen LogP contribution >= 0.6 is 0 Å². The minimum absolute atomic E-state index is 0.155. The zero-order valence-corrected chi connectivity index (χ0v) is 20.8. The second-order valence-electron chi connectivity index (χ2n) is 12.0. The molecule has 0 unspecified atom stereocenters. The summed E-state index contributed by atoms with van der Waals surface area (Å²) in [7, 11) is 0. The monoisotopic (exact) mass is 455 g/mol. The zero-order chi connectivity index (χ0) is 23.6. The van der Waals surface area contributed by atoms with E-state index in [9.17, 15) is 9.59 Å². The highest BCUT2D eigenvalue weighted by atomic mass is 16.5. The minimum atomic E-state index is -0.924. The SMILES string of the molecule is C=CCOC(=O)[C@@]12C(C(C)C)=C[C@H]3C[C@]1(C=O)[C@@H]1CC[C@@H](C)[C@H]1C[C@]32CO[C@H]1CN[C@@H](C)C1. The van der Waals surface area contributed by atoms with Crippen molar-refractivity contribution < 1.29 is 19.1 Å². The molecule has 0 aromatic rings. The topological polar surface area (TPSA) is 64.6 Å². The van der Waals surface area contributed by atoms with E-state index in [0.717, 1.165) is 44.2 Å². The van der Waals surface area contributed by atoms with E-state index in [1.165, 1.54) is 6.29 Å². The van der Waals surface area contributed by atoms with Gasteiger partial charge >= 0.3 is 5.97 Å². The van der Waals surface area contributed by atoms with Crippen molar-refractivity contribution in [3.05, 3.63) is 24.3 Å². The van der Waals surface area contributed by atoms with Crippen LogP contribution in [0.25, 0.3) is 0 Å². The van der Waals surface area contributed by atoms with Crippen LogP contribution < -0.4 is 5.32 Å². The fourth-order valence-electron chi connectivity index (χ4n) is 9.14. The van der Waals surface area contributed by atoms with Gasteiger partial charge in [0.15, 0.2) is 0 Å². The molecule has 1 N–H and O–H groups in total. The van der Waals surface area contributed by atoms with Crippen LogP contribution in [0.3, 0.4) is 0 Å². The number of nitrogens with one attached hydrogen (secondary N) is 1. The summed E-state index contributed by atoms with van der Waals surface area (Å²) in [6, 6.07) is 0.448. The van der Waals surface area contributed by atoms with Crippen molar-refractivity contribution in [3.8, 4) is 0 Å². The first-order valence-corrected chi connectivity index (χ1v) is 13.1. The Hall–Kier alpha value is -1.46. The third-order valence-electron chi connectivity index (χ3n) is 10.3. The lowest BCUT2D eigenvalue weighted by molar-refractivity contribution is -0.192. The van der Waals surface area contributed by atoms with Crippen molar-refractivity contribution in [2.45, 2.75) is 71.9 Å². The number of hydrogen-bond acceptors (Lipinski definition) is 5. The number of hydrogen-bond donors (Lipinski definition) is 1. The Bertz CT molecular complexity index is 866. The van der Waals surface area contributed by atoms with Crippen LogP contribution in [0.4, 0.5) is 0 Å². The van der Waals surface area contributed by atoms with Crippen LogP contribution in [-0.4, -0.2) is 44.2 Å². The standard InChI is InChI=1S/C28H41NO4/c1-6-9-32-25(31)28-24(17(2)3)11-20-12-26(28,15-30)23-8-7-18(4)22(23)13-27(20,28)16-33-21-10-19(5)29-14-21/h6,11,15,17-23,29H,1,7-10,12-14,16H2,2-5H3/t18-,19+,20+,21-,22-,23-,26+,27+,28+/m1/s1. The summed E-state index contributed by atoms with van der Waals surface area (Å²) in [6.45, 7) is 14.2. The van der Waals surface area contributed by atoms with E-state index in [2.05, 4.69) is 45.7 Å². The van der Waals surface area contributed by atoms with Crippen molar-refractivity contribution >= 4 is 12.3 Å². The maximum atomic E-state index is 14.3. The van der Waals surface area contributed by atoms with Gasteiger partial charge in [-0.05, 0) is 62.2 Å². The van der Waals surface area contributed by atoms with Gasteiger partial charge in [-0.1, -0.05) is 51.5 Å². The molecule has 1 saturated heterocycles. The number of carbonyl (C=O) groups excluding carboxylic acids is 2. The highest BCUT2D eigenvalue weighted by molar-refractivity contribution is 5.91. The minimum Gasteiger partial charge on any atom is -0.461 e. The molecule has 4 fully saturated rings. The summed E-state index contributed by atoms with van der Waals surface area (Å²) in [5.74, 6) is 1.42. The number of rotatable bonds is 8. The quantitative estimate of drug-likeness (QED) is 0.335. The summed E-state index contributed by atoms with van der Waals surface area (Å²) < 4.78 is 12.6. The molecule has 4 bridgehead atoms. The lowest BCUT2D eigenvalue weighted by Crippen LogP contribution is -2.64. The van der Waals surface area contributed by atoms with Crippen LogP contribution in [-0.2, 0) is 19.1 Å². The Kier molecular flexibility index (Phi) is 5.68. The van der Waals surface area contributed by atoms with Gasteiger partial charge in [0.2, 0.25) is 0 Å². The van der Waals surface area contributed by atoms with E-state index in [1.807, 2.05) is 0 Å². The molecule has 5 rings (SSSR count). The van der Waals surface area contributed by atoms with Gasteiger partial charge in [0.25, 0.3) is 0 Å². The highest BCUT2D eigenvalue weighted by Crippen LogP contribution is 2.82. The molecule has 5 aliphatic rings. The molecule has 4 aliphatic carbocycles. The largest absolute Gasteiger partial charge is 0.461 e. The molecule has 5 nitrogen and oxygen atoms in total. The average Bonchev–Trinajstić information content (AvgIpc) is 3.50. The van der Waals surface area contributed by atoms with Gasteiger partial charge in [0, 0.05) is 18.0 Å². The van der Waals surface area contributed by atoms with Crippen LogP contribution in [0.2, 0.25) is 0 Å². The summed E-state index contributed by atoms with van der Waals surface area (Å²) in [5.41, 5.74) is -0.897. The lowest BCUT2D eigenvalue weighted by atomic mass is 9.43. The van der Waals surface area contributed by atoms with Gasteiger partial charge in [0.05, 0.1) is 18.1 Å². The molecule has 0 amide bonds. The summed E-state index contributed by atoms with van der Waals surface area (Å²) in [5, 5.41) is 3.49. The molecule has 3 saturated carbocycles. The first-order chi connectivity index (χ1) is 15.8. The van der Waals surface area contributed by atoms with Crippen molar-refractivity contribution in [1.29, 1.82) is 0 Å². The van der Waals surface area contributed by atoms with Crippen molar-refractivity contribution in [2.75, 3.05) is 19.8 Å². The Morgan fingerprint density at radius 2 is 2.09 bits per heavy atom. The zero-order valence-electron chi connectivity index (χ0n) is 20.8. The molecule has 0 spiro atoms. The molecular weight excluding hydrogens is 414 g/mol. The van der Waals surface area contributed by atoms with E-state index >= 15 is 0 Å². The fourth-order valence-corrected chi connectivity index (χ4v) is 9.14. The number of esters is 1. The fraction of sp³-hybridized carbons (Fsp3) is 0.786. The van der Waals surface area contributed by atoms with Crippen molar-refractivity contribution in [2.24, 2.45) is 45.8 Å². The smallest absolute Gasteiger partial charge is 0.318 e.